The van der Waals surface area contributed by atoms with Crippen LogP contribution >= 0.6 is 23.2 Å². The smallest absolute Gasteiger partial charge is 0.234 e. The minimum absolute atomic E-state index is 0.00472. The van der Waals surface area contributed by atoms with Crippen molar-refractivity contribution >= 4 is 29.1 Å². The second kappa shape index (κ2) is 7.13. The molecule has 2 rings (SSSR count). The largest absolute Gasteiger partial charge is 0.353 e. The van der Waals surface area contributed by atoms with E-state index < -0.39 is 0 Å². The lowest BCUT2D eigenvalue weighted by Gasteiger charge is -2.28. The molecule has 19 heavy (non-hydrogen) atoms. The molecule has 0 unspecified atom stereocenters. The number of nitrogens with zero attached hydrogens (tertiary/aromatic N) is 1. The molecule has 1 aromatic carbocycles. The number of nitrogens with one attached hydrogen (secondary N) is 1. The van der Waals surface area contributed by atoms with Crippen molar-refractivity contribution < 1.29 is 4.79 Å². The van der Waals surface area contributed by atoms with Crippen LogP contribution in [0.25, 0.3) is 0 Å². The summed E-state index contributed by atoms with van der Waals surface area (Å²) in [5, 5.41) is 3.61. The first-order chi connectivity index (χ1) is 9.22. The molecule has 1 fully saturated rings. The van der Waals surface area contributed by atoms with Crippen LogP contribution in [0.1, 0.15) is 24.4 Å². The molecule has 0 spiro atoms. The van der Waals surface area contributed by atoms with Crippen molar-refractivity contribution in [2.75, 3.05) is 25.5 Å². The number of carbonyl (C=O) groups excluding carboxylic acids is 1. The van der Waals surface area contributed by atoms with Crippen LogP contribution in [0.3, 0.4) is 0 Å². The lowest BCUT2D eigenvalue weighted by atomic mass is 10.1. The number of amides is 1. The van der Waals surface area contributed by atoms with Gasteiger partial charge in [-0.15, -0.1) is 11.6 Å². The highest BCUT2D eigenvalue weighted by Crippen LogP contribution is 2.29. The van der Waals surface area contributed by atoms with Gasteiger partial charge in [0, 0.05) is 11.6 Å². The summed E-state index contributed by atoms with van der Waals surface area (Å²) in [7, 11) is 0. The summed E-state index contributed by atoms with van der Waals surface area (Å²) in [6.45, 7) is 2.65. The van der Waals surface area contributed by atoms with Gasteiger partial charge >= 0.3 is 0 Å². The molecule has 1 amide bonds. The predicted octanol–water partition coefficient (Wildman–Crippen LogP) is 2.83. The second-order valence-corrected chi connectivity index (χ2v) is 5.39. The second-order valence-electron chi connectivity index (χ2n) is 4.72. The molecule has 5 heteroatoms. The Hall–Kier alpha value is -0.770. The van der Waals surface area contributed by atoms with Crippen molar-refractivity contribution in [2.24, 2.45) is 0 Å². The molecule has 0 bridgehead atoms. The SMILES string of the molecule is O=C(CCl)NC[C@H](c1ccccc1Cl)N1CCCC1. The van der Waals surface area contributed by atoms with E-state index in [1.54, 1.807) is 0 Å². The Morgan fingerprint density at radius 1 is 1.32 bits per heavy atom. The third-order valence-electron chi connectivity index (χ3n) is 3.46. The highest BCUT2D eigenvalue weighted by atomic mass is 35.5. The summed E-state index contributed by atoms with van der Waals surface area (Å²) in [6.07, 6.45) is 2.40. The zero-order valence-corrected chi connectivity index (χ0v) is 12.3. The van der Waals surface area contributed by atoms with Crippen LogP contribution in [0.2, 0.25) is 5.02 Å². The first kappa shape index (κ1) is 14.6. The lowest BCUT2D eigenvalue weighted by Crippen LogP contribution is -2.37. The van der Waals surface area contributed by atoms with Gasteiger partial charge in [0.25, 0.3) is 0 Å². The molecule has 1 atom stereocenters. The topological polar surface area (TPSA) is 32.3 Å². The predicted molar refractivity (Wildman–Crippen MR) is 78.7 cm³/mol. The standard InChI is InChI=1S/C14H18Cl2N2O/c15-9-14(19)17-10-13(18-7-3-4-8-18)11-5-1-2-6-12(11)16/h1-2,5-6,13H,3-4,7-10H2,(H,17,19)/t13-/m1/s1. The van der Waals surface area contributed by atoms with E-state index in [9.17, 15) is 4.79 Å². The molecular weight excluding hydrogens is 283 g/mol. The maximum atomic E-state index is 11.4. The zero-order valence-electron chi connectivity index (χ0n) is 10.7. The average molecular weight is 301 g/mol. The fourth-order valence-electron chi connectivity index (χ4n) is 2.49. The van der Waals surface area contributed by atoms with Crippen LogP contribution in [-0.2, 0) is 4.79 Å². The molecule has 0 saturated carbocycles. The molecule has 0 aliphatic carbocycles. The average Bonchev–Trinajstić information content (AvgIpc) is 2.94. The Balaban J connectivity index is 2.14. The summed E-state index contributed by atoms with van der Waals surface area (Å²) in [5.41, 5.74) is 1.07. The van der Waals surface area contributed by atoms with E-state index >= 15 is 0 Å². The highest BCUT2D eigenvalue weighted by Gasteiger charge is 2.25. The van der Waals surface area contributed by atoms with Crippen molar-refractivity contribution in [1.29, 1.82) is 0 Å². The summed E-state index contributed by atoms with van der Waals surface area (Å²) in [5.74, 6) is -0.146. The van der Waals surface area contributed by atoms with Gasteiger partial charge < -0.3 is 5.32 Å². The Morgan fingerprint density at radius 3 is 2.63 bits per heavy atom. The first-order valence-electron chi connectivity index (χ1n) is 6.53. The van der Waals surface area contributed by atoms with Crippen molar-refractivity contribution in [3.8, 4) is 0 Å². The van der Waals surface area contributed by atoms with Crippen molar-refractivity contribution in [2.45, 2.75) is 18.9 Å². The third kappa shape index (κ3) is 3.85. The number of halogens is 2. The van der Waals surface area contributed by atoms with Gasteiger partial charge in [-0.25, -0.2) is 0 Å². The van der Waals surface area contributed by atoms with Gasteiger partial charge in [-0.3, -0.25) is 9.69 Å². The van der Waals surface area contributed by atoms with Crippen molar-refractivity contribution in [3.63, 3.8) is 0 Å². The van der Waals surface area contributed by atoms with E-state index in [1.807, 2.05) is 24.3 Å². The quantitative estimate of drug-likeness (QED) is 0.848. The lowest BCUT2D eigenvalue weighted by molar-refractivity contribution is -0.118. The van der Waals surface area contributed by atoms with Gasteiger partial charge in [0.15, 0.2) is 0 Å². The van der Waals surface area contributed by atoms with Crippen LogP contribution in [0.4, 0.5) is 0 Å². The minimum Gasteiger partial charge on any atom is -0.353 e. The molecule has 3 nitrogen and oxygen atoms in total. The minimum atomic E-state index is -0.141. The molecule has 1 N–H and O–H groups in total. The molecule has 104 valence electrons. The third-order valence-corrected chi connectivity index (χ3v) is 4.05. The molecule has 1 aliphatic rings. The van der Waals surface area contributed by atoms with Crippen LogP contribution in [0.15, 0.2) is 24.3 Å². The van der Waals surface area contributed by atoms with Crippen molar-refractivity contribution in [1.82, 2.24) is 10.2 Å². The van der Waals surface area contributed by atoms with Crippen LogP contribution in [0, 0.1) is 0 Å². The van der Waals surface area contributed by atoms with E-state index in [4.69, 9.17) is 23.2 Å². The van der Waals surface area contributed by atoms with Crippen molar-refractivity contribution in [3.05, 3.63) is 34.9 Å². The van der Waals surface area contributed by atoms with E-state index in [0.717, 1.165) is 23.7 Å². The molecule has 0 aromatic heterocycles. The molecular formula is C14H18Cl2N2O. The van der Waals surface area contributed by atoms with Crippen LogP contribution < -0.4 is 5.32 Å². The Bertz CT molecular complexity index is 433. The number of likely N-dealkylation sites (tertiary alicyclic amines) is 1. The number of hydrogen-bond acceptors (Lipinski definition) is 2. The number of alkyl halides is 1. The Morgan fingerprint density at radius 2 is 2.00 bits per heavy atom. The van der Waals surface area contributed by atoms with Gasteiger partial charge in [-0.05, 0) is 37.6 Å². The van der Waals surface area contributed by atoms with E-state index in [-0.39, 0.29) is 17.8 Å². The fourth-order valence-corrected chi connectivity index (χ4v) is 2.85. The maximum Gasteiger partial charge on any atom is 0.234 e. The Kier molecular flexibility index (Phi) is 5.49. The molecule has 1 heterocycles. The summed E-state index contributed by atoms with van der Waals surface area (Å²) in [4.78, 5) is 13.7. The zero-order chi connectivity index (χ0) is 13.7. The van der Waals surface area contributed by atoms with Gasteiger partial charge in [0.1, 0.15) is 5.88 Å². The first-order valence-corrected chi connectivity index (χ1v) is 7.44. The van der Waals surface area contributed by atoms with E-state index in [0.29, 0.717) is 6.54 Å². The monoisotopic (exact) mass is 300 g/mol. The molecule has 1 aromatic rings. The van der Waals surface area contributed by atoms with Crippen LogP contribution in [0.5, 0.6) is 0 Å². The van der Waals surface area contributed by atoms with Gasteiger partial charge in [-0.2, -0.15) is 0 Å². The number of hydrogen-bond donors (Lipinski definition) is 1. The van der Waals surface area contributed by atoms with Gasteiger partial charge in [0.2, 0.25) is 5.91 Å². The molecule has 0 radical (unpaired) electrons. The van der Waals surface area contributed by atoms with Crippen LogP contribution in [-0.4, -0.2) is 36.3 Å². The Labute approximate surface area is 123 Å². The van der Waals surface area contributed by atoms with E-state index in [2.05, 4.69) is 10.2 Å². The number of carbonyl (C=O) groups is 1. The fraction of sp³-hybridized carbons (Fsp3) is 0.500. The maximum absolute atomic E-state index is 11.4. The normalized spacial score (nSPS) is 17.4. The number of rotatable bonds is 5. The molecule has 1 aliphatic heterocycles. The summed E-state index contributed by atoms with van der Waals surface area (Å²) >= 11 is 11.8. The number of benzene rings is 1. The van der Waals surface area contributed by atoms with E-state index in [1.165, 1.54) is 12.8 Å². The summed E-state index contributed by atoms with van der Waals surface area (Å²) < 4.78 is 0. The van der Waals surface area contributed by atoms with Gasteiger partial charge in [-0.1, -0.05) is 29.8 Å². The van der Waals surface area contributed by atoms with Gasteiger partial charge in [0.05, 0.1) is 6.04 Å². The summed E-state index contributed by atoms with van der Waals surface area (Å²) in [6, 6.07) is 7.95. The highest BCUT2D eigenvalue weighted by molar-refractivity contribution is 6.31. The molecule has 1 saturated heterocycles.